The van der Waals surface area contributed by atoms with Crippen molar-refractivity contribution in [3.05, 3.63) is 224 Å². The summed E-state index contributed by atoms with van der Waals surface area (Å²) in [4.78, 5) is 2.36. The number of thiophene rings is 1. The fourth-order valence-corrected chi connectivity index (χ4v) is 9.53. The van der Waals surface area contributed by atoms with Gasteiger partial charge >= 0.3 is 0 Å². The van der Waals surface area contributed by atoms with Gasteiger partial charge in [0.2, 0.25) is 0 Å². The van der Waals surface area contributed by atoms with Crippen LogP contribution >= 0.6 is 11.3 Å². The number of fused-ring (bicyclic) bond motifs is 6. The van der Waals surface area contributed by atoms with E-state index in [1.54, 1.807) is 0 Å². The van der Waals surface area contributed by atoms with Gasteiger partial charge in [-0.25, -0.2) is 0 Å². The number of anilines is 3. The highest BCUT2D eigenvalue weighted by Gasteiger charge is 2.15. The zero-order valence-electron chi connectivity index (χ0n) is 31.7. The zero-order valence-corrected chi connectivity index (χ0v) is 32.5. The molecule has 10 aromatic carbocycles. The number of hydrogen-bond donors (Lipinski definition) is 0. The second-order valence-electron chi connectivity index (χ2n) is 15.0. The Kier molecular flexibility index (Phi) is 8.42. The van der Waals surface area contributed by atoms with Crippen LogP contribution in [0.15, 0.2) is 224 Å². The minimum Gasteiger partial charge on any atom is -0.311 e. The molecule has 1 nitrogen and oxygen atoms in total. The van der Waals surface area contributed by atoms with E-state index < -0.39 is 0 Å². The Labute approximate surface area is 342 Å². The van der Waals surface area contributed by atoms with E-state index in [9.17, 15) is 0 Å². The van der Waals surface area contributed by atoms with Gasteiger partial charge in [0.25, 0.3) is 0 Å². The summed E-state index contributed by atoms with van der Waals surface area (Å²) >= 11 is 1.86. The Bertz CT molecular complexity index is 3230. The average molecular weight is 756 g/mol. The quantitative estimate of drug-likeness (QED) is 0.146. The van der Waals surface area contributed by atoms with Gasteiger partial charge in [0.05, 0.1) is 0 Å². The molecule has 0 N–H and O–H groups in total. The van der Waals surface area contributed by atoms with Gasteiger partial charge in [-0.15, -0.1) is 11.3 Å². The SMILES string of the molecule is c1ccc(-c2ccc(-c3ccc(N(c4ccc(-c5ccc6c(ccc7ccccc76)c5)cc4)c4ccc(-c5ccc6sc7ccccc7c6c5)cc4)cc3)cc2)cc1. The van der Waals surface area contributed by atoms with Crippen LogP contribution in [0.3, 0.4) is 0 Å². The predicted octanol–water partition coefficient (Wildman–Crippen LogP) is 16.5. The highest BCUT2D eigenvalue weighted by Crippen LogP contribution is 2.40. The predicted molar refractivity (Wildman–Crippen MR) is 251 cm³/mol. The third-order valence-corrected chi connectivity index (χ3v) is 12.6. The van der Waals surface area contributed by atoms with Crippen molar-refractivity contribution >= 4 is 70.1 Å². The van der Waals surface area contributed by atoms with Crippen LogP contribution in [-0.2, 0) is 0 Å². The van der Waals surface area contributed by atoms with Crippen LogP contribution in [0, 0.1) is 0 Å². The summed E-state index contributed by atoms with van der Waals surface area (Å²) < 4.78 is 2.65. The van der Waals surface area contributed by atoms with Crippen LogP contribution < -0.4 is 4.90 Å². The maximum absolute atomic E-state index is 2.36. The first-order valence-corrected chi connectivity index (χ1v) is 20.6. The summed E-state index contributed by atoms with van der Waals surface area (Å²) in [5.41, 5.74) is 13.0. The van der Waals surface area contributed by atoms with E-state index in [1.807, 2.05) is 11.3 Å². The Balaban J connectivity index is 0.943. The Morgan fingerprint density at radius 2 is 0.655 bits per heavy atom. The van der Waals surface area contributed by atoms with E-state index >= 15 is 0 Å². The van der Waals surface area contributed by atoms with Gasteiger partial charge in [-0.1, -0.05) is 164 Å². The van der Waals surface area contributed by atoms with Crippen LogP contribution in [0.2, 0.25) is 0 Å². The Morgan fingerprint density at radius 1 is 0.241 bits per heavy atom. The largest absolute Gasteiger partial charge is 0.311 e. The molecule has 0 aliphatic rings. The highest BCUT2D eigenvalue weighted by molar-refractivity contribution is 7.25. The van der Waals surface area contributed by atoms with Crippen molar-refractivity contribution in [3.8, 4) is 44.5 Å². The van der Waals surface area contributed by atoms with Crippen molar-refractivity contribution in [2.45, 2.75) is 0 Å². The lowest BCUT2D eigenvalue weighted by atomic mass is 9.97. The van der Waals surface area contributed by atoms with E-state index in [0.29, 0.717) is 0 Å². The molecule has 0 aliphatic heterocycles. The van der Waals surface area contributed by atoms with Crippen LogP contribution in [-0.4, -0.2) is 0 Å². The van der Waals surface area contributed by atoms with Gasteiger partial charge in [-0.2, -0.15) is 0 Å². The molecule has 11 rings (SSSR count). The molecule has 0 bridgehead atoms. The molecule has 58 heavy (non-hydrogen) atoms. The molecule has 2 heteroatoms. The lowest BCUT2D eigenvalue weighted by Crippen LogP contribution is -2.09. The third kappa shape index (κ3) is 6.21. The Hall–Kier alpha value is -7.26. The number of nitrogens with zero attached hydrogens (tertiary/aromatic N) is 1. The fourth-order valence-electron chi connectivity index (χ4n) is 8.44. The van der Waals surface area contributed by atoms with Gasteiger partial charge in [-0.3, -0.25) is 0 Å². The lowest BCUT2D eigenvalue weighted by Gasteiger charge is -2.26. The maximum Gasteiger partial charge on any atom is 0.0462 e. The molecule has 0 saturated heterocycles. The number of benzene rings is 10. The van der Waals surface area contributed by atoms with Crippen molar-refractivity contribution < 1.29 is 0 Å². The first kappa shape index (κ1) is 34.0. The Morgan fingerprint density at radius 3 is 1.29 bits per heavy atom. The van der Waals surface area contributed by atoms with Crippen LogP contribution in [0.5, 0.6) is 0 Å². The van der Waals surface area contributed by atoms with Crippen LogP contribution in [0.25, 0.3) is 86.2 Å². The first-order chi connectivity index (χ1) is 28.7. The summed E-state index contributed by atoms with van der Waals surface area (Å²) in [6.07, 6.45) is 0. The minimum atomic E-state index is 1.11. The first-order valence-electron chi connectivity index (χ1n) is 19.8. The molecule has 1 aromatic heterocycles. The molecular weight excluding hydrogens is 719 g/mol. The molecule has 0 unspecified atom stereocenters. The molecular formula is C56H37NS. The highest BCUT2D eigenvalue weighted by atomic mass is 32.1. The molecule has 272 valence electrons. The molecule has 0 atom stereocenters. The monoisotopic (exact) mass is 755 g/mol. The fraction of sp³-hybridized carbons (Fsp3) is 0. The normalized spacial score (nSPS) is 11.4. The summed E-state index contributed by atoms with van der Waals surface area (Å²) in [6, 6.07) is 81.9. The summed E-state index contributed by atoms with van der Waals surface area (Å²) in [5.74, 6) is 0. The smallest absolute Gasteiger partial charge is 0.0462 e. The second kappa shape index (κ2) is 14.4. The van der Waals surface area contributed by atoms with E-state index in [0.717, 1.165) is 17.1 Å². The van der Waals surface area contributed by atoms with E-state index in [4.69, 9.17) is 0 Å². The molecule has 0 amide bonds. The molecule has 0 spiro atoms. The van der Waals surface area contributed by atoms with Gasteiger partial charge in [0.1, 0.15) is 0 Å². The summed E-state index contributed by atoms with van der Waals surface area (Å²) in [5, 5.41) is 7.74. The lowest BCUT2D eigenvalue weighted by molar-refractivity contribution is 1.28. The zero-order chi connectivity index (χ0) is 38.4. The van der Waals surface area contributed by atoms with Gasteiger partial charge in [0, 0.05) is 37.2 Å². The van der Waals surface area contributed by atoms with Gasteiger partial charge < -0.3 is 4.90 Å². The van der Waals surface area contributed by atoms with Crippen LogP contribution in [0.1, 0.15) is 0 Å². The van der Waals surface area contributed by atoms with E-state index in [1.165, 1.54) is 86.2 Å². The van der Waals surface area contributed by atoms with Crippen LogP contribution in [0.4, 0.5) is 17.1 Å². The molecule has 1 heterocycles. The van der Waals surface area contributed by atoms with Crippen molar-refractivity contribution in [1.82, 2.24) is 0 Å². The van der Waals surface area contributed by atoms with Gasteiger partial charge in [-0.05, 0) is 127 Å². The van der Waals surface area contributed by atoms with Crippen molar-refractivity contribution in [1.29, 1.82) is 0 Å². The third-order valence-electron chi connectivity index (χ3n) is 11.5. The van der Waals surface area contributed by atoms with Crippen molar-refractivity contribution in [2.75, 3.05) is 4.90 Å². The maximum atomic E-state index is 2.36. The standard InChI is InChI=1S/C56H37NS/c1-2-8-38(9-3-1)39-14-16-40(17-15-39)41-20-28-48(29-21-41)57(50-32-24-43(25-33-50)46-27-35-56-54(37-46)53-12-6-7-13-55(53)58-56)49-30-22-42(23-31-49)45-26-34-52-47(36-45)19-18-44-10-4-5-11-51(44)52/h1-37H. The summed E-state index contributed by atoms with van der Waals surface area (Å²) in [6.45, 7) is 0. The molecule has 0 fully saturated rings. The topological polar surface area (TPSA) is 3.24 Å². The molecule has 0 radical (unpaired) electrons. The number of hydrogen-bond acceptors (Lipinski definition) is 2. The second-order valence-corrected chi connectivity index (χ2v) is 16.0. The summed E-state index contributed by atoms with van der Waals surface area (Å²) in [7, 11) is 0. The van der Waals surface area contributed by atoms with Gasteiger partial charge in [0.15, 0.2) is 0 Å². The minimum absolute atomic E-state index is 1.11. The van der Waals surface area contributed by atoms with Crippen molar-refractivity contribution in [3.63, 3.8) is 0 Å². The molecule has 11 aromatic rings. The van der Waals surface area contributed by atoms with E-state index in [2.05, 4.69) is 229 Å². The number of rotatable bonds is 7. The van der Waals surface area contributed by atoms with Crippen molar-refractivity contribution in [2.24, 2.45) is 0 Å². The van der Waals surface area contributed by atoms with E-state index in [-0.39, 0.29) is 0 Å². The molecule has 0 aliphatic carbocycles. The average Bonchev–Trinajstić information content (AvgIpc) is 3.68. The molecule has 0 saturated carbocycles.